The van der Waals surface area contributed by atoms with Crippen LogP contribution in [0.5, 0.6) is 5.75 Å². The standard InChI is InChI=1S/C21H24N4O3S/c1-15-7-9-17(10-8-15)25-20(16-5-4-6-18(13-16)28-3)23-24-21(25)29-14-19(26)22-11-12-27-2/h4-10,13H,11-12,14H2,1-3H3,(H,22,26). The minimum absolute atomic E-state index is 0.0755. The molecule has 7 nitrogen and oxygen atoms in total. The Morgan fingerprint density at radius 1 is 1.14 bits per heavy atom. The maximum Gasteiger partial charge on any atom is 0.230 e. The van der Waals surface area contributed by atoms with Crippen molar-refractivity contribution in [1.29, 1.82) is 0 Å². The van der Waals surface area contributed by atoms with E-state index in [2.05, 4.69) is 15.5 Å². The first-order chi connectivity index (χ1) is 14.1. The Balaban J connectivity index is 1.91. The molecule has 0 radical (unpaired) electrons. The number of methoxy groups -OCH3 is 2. The summed E-state index contributed by atoms with van der Waals surface area (Å²) in [7, 11) is 3.23. The van der Waals surface area contributed by atoms with Crippen LogP contribution in [0.3, 0.4) is 0 Å². The first-order valence-corrected chi connectivity index (χ1v) is 10.2. The number of ether oxygens (including phenoxy) is 2. The summed E-state index contributed by atoms with van der Waals surface area (Å²) in [5.74, 6) is 1.60. The molecule has 0 atom stereocenters. The third-order valence-corrected chi connectivity index (χ3v) is 5.14. The first kappa shape index (κ1) is 20.9. The van der Waals surface area contributed by atoms with Crippen molar-refractivity contribution in [2.75, 3.05) is 33.1 Å². The van der Waals surface area contributed by atoms with Crippen LogP contribution in [0.4, 0.5) is 0 Å². The summed E-state index contributed by atoms with van der Waals surface area (Å²) in [6, 6.07) is 15.8. The van der Waals surface area contributed by atoms with Gasteiger partial charge in [0.15, 0.2) is 11.0 Å². The Bertz CT molecular complexity index is 957. The summed E-state index contributed by atoms with van der Waals surface area (Å²) in [6.07, 6.45) is 0. The molecule has 1 aromatic heterocycles. The van der Waals surface area contributed by atoms with Crippen molar-refractivity contribution in [2.24, 2.45) is 0 Å². The smallest absolute Gasteiger partial charge is 0.230 e. The Kier molecular flexibility index (Phi) is 7.26. The van der Waals surface area contributed by atoms with Crippen molar-refractivity contribution in [3.63, 3.8) is 0 Å². The number of hydrogen-bond acceptors (Lipinski definition) is 6. The van der Waals surface area contributed by atoms with Crippen LogP contribution >= 0.6 is 11.8 Å². The predicted molar refractivity (Wildman–Crippen MR) is 114 cm³/mol. The molecule has 29 heavy (non-hydrogen) atoms. The van der Waals surface area contributed by atoms with Crippen molar-refractivity contribution in [2.45, 2.75) is 12.1 Å². The number of nitrogens with zero attached hydrogens (tertiary/aromatic N) is 3. The van der Waals surface area contributed by atoms with Gasteiger partial charge in [-0.05, 0) is 31.2 Å². The summed E-state index contributed by atoms with van der Waals surface area (Å²) < 4.78 is 12.3. The van der Waals surface area contributed by atoms with Gasteiger partial charge in [-0.15, -0.1) is 10.2 Å². The van der Waals surface area contributed by atoms with Crippen molar-refractivity contribution >= 4 is 17.7 Å². The molecule has 0 saturated carbocycles. The predicted octanol–water partition coefficient (Wildman–Crippen LogP) is 3.11. The minimum Gasteiger partial charge on any atom is -0.497 e. The van der Waals surface area contributed by atoms with Crippen molar-refractivity contribution in [3.05, 3.63) is 54.1 Å². The molecule has 2 aromatic carbocycles. The molecule has 0 fully saturated rings. The third-order valence-electron chi connectivity index (χ3n) is 4.21. The average Bonchev–Trinajstić information content (AvgIpc) is 3.17. The monoisotopic (exact) mass is 412 g/mol. The topological polar surface area (TPSA) is 78.3 Å². The normalized spacial score (nSPS) is 10.7. The molecule has 0 aliphatic rings. The average molecular weight is 413 g/mol. The molecule has 3 aromatic rings. The van der Waals surface area contributed by atoms with Gasteiger partial charge in [-0.2, -0.15) is 0 Å². The number of rotatable bonds is 9. The zero-order chi connectivity index (χ0) is 20.6. The maximum absolute atomic E-state index is 12.1. The Hall–Kier alpha value is -2.84. The molecular weight excluding hydrogens is 388 g/mol. The fraction of sp³-hybridized carbons (Fsp3) is 0.286. The molecule has 3 rings (SSSR count). The Labute approximate surface area is 174 Å². The number of hydrogen-bond donors (Lipinski definition) is 1. The van der Waals surface area contributed by atoms with Crippen LogP contribution < -0.4 is 10.1 Å². The van der Waals surface area contributed by atoms with Crippen LogP contribution in [-0.2, 0) is 9.53 Å². The fourth-order valence-corrected chi connectivity index (χ4v) is 3.49. The Morgan fingerprint density at radius 3 is 2.66 bits per heavy atom. The molecule has 1 heterocycles. The molecule has 0 aliphatic carbocycles. The molecule has 8 heteroatoms. The molecule has 0 aliphatic heterocycles. The van der Waals surface area contributed by atoms with Gasteiger partial charge in [0.1, 0.15) is 5.75 Å². The third kappa shape index (κ3) is 5.36. The molecule has 0 saturated heterocycles. The van der Waals surface area contributed by atoms with Crippen LogP contribution in [0, 0.1) is 6.92 Å². The van der Waals surface area contributed by atoms with E-state index < -0.39 is 0 Å². The van der Waals surface area contributed by atoms with Gasteiger partial charge in [0.25, 0.3) is 0 Å². The van der Waals surface area contributed by atoms with E-state index in [1.165, 1.54) is 11.8 Å². The van der Waals surface area contributed by atoms with Crippen LogP contribution in [0.15, 0.2) is 53.7 Å². The second kappa shape index (κ2) is 10.1. The van der Waals surface area contributed by atoms with E-state index in [1.807, 2.05) is 60.0 Å². The van der Waals surface area contributed by atoms with E-state index in [1.54, 1.807) is 14.2 Å². The second-order valence-electron chi connectivity index (χ2n) is 6.34. The number of aryl methyl sites for hydroxylation is 1. The van der Waals surface area contributed by atoms with Crippen LogP contribution in [0.25, 0.3) is 17.1 Å². The van der Waals surface area contributed by atoms with Crippen LogP contribution in [0.1, 0.15) is 5.56 Å². The highest BCUT2D eigenvalue weighted by Gasteiger charge is 2.17. The summed E-state index contributed by atoms with van der Waals surface area (Å²) >= 11 is 1.34. The summed E-state index contributed by atoms with van der Waals surface area (Å²) in [5.41, 5.74) is 2.98. The van der Waals surface area contributed by atoms with E-state index >= 15 is 0 Å². The van der Waals surface area contributed by atoms with Gasteiger partial charge in [-0.1, -0.05) is 41.6 Å². The lowest BCUT2D eigenvalue weighted by Gasteiger charge is -2.11. The summed E-state index contributed by atoms with van der Waals surface area (Å²) in [5, 5.41) is 12.2. The maximum atomic E-state index is 12.1. The van der Waals surface area contributed by atoms with Crippen molar-refractivity contribution in [1.82, 2.24) is 20.1 Å². The highest BCUT2D eigenvalue weighted by molar-refractivity contribution is 7.99. The van der Waals surface area contributed by atoms with Gasteiger partial charge in [0.05, 0.1) is 19.5 Å². The van der Waals surface area contributed by atoms with E-state index in [0.717, 1.165) is 22.6 Å². The summed E-state index contributed by atoms with van der Waals surface area (Å²) in [4.78, 5) is 12.1. The number of benzene rings is 2. The number of carbonyl (C=O) groups is 1. The van der Waals surface area contributed by atoms with E-state index in [4.69, 9.17) is 9.47 Å². The van der Waals surface area contributed by atoms with Gasteiger partial charge in [-0.3, -0.25) is 9.36 Å². The Morgan fingerprint density at radius 2 is 1.93 bits per heavy atom. The SMILES string of the molecule is COCCNC(=O)CSc1nnc(-c2cccc(OC)c2)n1-c1ccc(C)cc1. The molecular formula is C21H24N4O3S. The highest BCUT2D eigenvalue weighted by atomic mass is 32.2. The molecule has 0 unspecified atom stereocenters. The van der Waals surface area contributed by atoms with Gasteiger partial charge < -0.3 is 14.8 Å². The van der Waals surface area contributed by atoms with Crippen molar-refractivity contribution < 1.29 is 14.3 Å². The molecule has 1 amide bonds. The highest BCUT2D eigenvalue weighted by Crippen LogP contribution is 2.29. The lowest BCUT2D eigenvalue weighted by atomic mass is 10.2. The second-order valence-corrected chi connectivity index (χ2v) is 7.28. The quantitative estimate of drug-likeness (QED) is 0.430. The van der Waals surface area contributed by atoms with Gasteiger partial charge in [0, 0.05) is 24.9 Å². The lowest BCUT2D eigenvalue weighted by Crippen LogP contribution is -2.28. The van der Waals surface area contributed by atoms with Gasteiger partial charge in [0.2, 0.25) is 5.91 Å². The van der Waals surface area contributed by atoms with Crippen LogP contribution in [-0.4, -0.2) is 53.8 Å². The zero-order valence-corrected chi connectivity index (χ0v) is 17.5. The number of amides is 1. The van der Waals surface area contributed by atoms with Gasteiger partial charge >= 0.3 is 0 Å². The van der Waals surface area contributed by atoms with Crippen LogP contribution in [0.2, 0.25) is 0 Å². The van der Waals surface area contributed by atoms with E-state index in [-0.39, 0.29) is 11.7 Å². The first-order valence-electron chi connectivity index (χ1n) is 9.17. The van der Waals surface area contributed by atoms with Crippen molar-refractivity contribution in [3.8, 4) is 22.8 Å². The molecule has 0 bridgehead atoms. The number of thioether (sulfide) groups is 1. The molecule has 0 spiro atoms. The largest absolute Gasteiger partial charge is 0.497 e. The number of carbonyl (C=O) groups excluding carboxylic acids is 1. The summed E-state index contributed by atoms with van der Waals surface area (Å²) in [6.45, 7) is 3.00. The number of nitrogens with one attached hydrogen (secondary N) is 1. The minimum atomic E-state index is -0.0755. The lowest BCUT2D eigenvalue weighted by molar-refractivity contribution is -0.118. The van der Waals surface area contributed by atoms with E-state index in [9.17, 15) is 4.79 Å². The number of aromatic nitrogens is 3. The van der Waals surface area contributed by atoms with Gasteiger partial charge in [-0.25, -0.2) is 0 Å². The van der Waals surface area contributed by atoms with E-state index in [0.29, 0.717) is 24.1 Å². The zero-order valence-electron chi connectivity index (χ0n) is 16.7. The fourth-order valence-electron chi connectivity index (χ4n) is 2.71. The molecule has 152 valence electrons. The molecule has 1 N–H and O–H groups in total.